The van der Waals surface area contributed by atoms with Crippen LogP contribution in [0.4, 0.5) is 0 Å². The molecule has 3 rings (SSSR count). The summed E-state index contributed by atoms with van der Waals surface area (Å²) in [7, 11) is 0. The van der Waals surface area contributed by atoms with Crippen LogP contribution in [0.15, 0.2) is 42.5 Å². The Morgan fingerprint density at radius 3 is 2.00 bits per heavy atom. The Hall–Kier alpha value is -1.44. The lowest BCUT2D eigenvalue weighted by Gasteiger charge is -2.15. The van der Waals surface area contributed by atoms with Crippen LogP contribution in [-0.4, -0.2) is 6.61 Å². The number of halogens is 2. The van der Waals surface area contributed by atoms with Crippen molar-refractivity contribution in [2.24, 2.45) is 0 Å². The van der Waals surface area contributed by atoms with Crippen molar-refractivity contribution in [3.05, 3.63) is 52.5 Å². The Balaban J connectivity index is 2.21. The second-order valence-corrected chi connectivity index (χ2v) is 6.25. The van der Waals surface area contributed by atoms with Crippen molar-refractivity contribution in [3.8, 4) is 5.75 Å². The minimum atomic E-state index is 0.679. The second kappa shape index (κ2) is 6.76. The maximum absolute atomic E-state index is 6.43. The van der Waals surface area contributed by atoms with Gasteiger partial charge in [-0.15, -0.1) is 0 Å². The Labute approximate surface area is 140 Å². The van der Waals surface area contributed by atoms with E-state index in [0.717, 1.165) is 40.1 Å². The van der Waals surface area contributed by atoms with Crippen LogP contribution in [0, 0.1) is 0 Å². The van der Waals surface area contributed by atoms with E-state index in [1.165, 1.54) is 6.42 Å². The number of fused-ring (bicyclic) bond motifs is 2. The van der Waals surface area contributed by atoms with E-state index in [9.17, 15) is 0 Å². The van der Waals surface area contributed by atoms with E-state index < -0.39 is 0 Å². The summed E-state index contributed by atoms with van der Waals surface area (Å²) >= 11 is 12.9. The summed E-state index contributed by atoms with van der Waals surface area (Å²) in [6.45, 7) is 2.86. The van der Waals surface area contributed by atoms with E-state index in [0.29, 0.717) is 16.7 Å². The first-order valence-corrected chi connectivity index (χ1v) is 8.40. The highest BCUT2D eigenvalue weighted by Gasteiger charge is 2.14. The van der Waals surface area contributed by atoms with E-state index in [1.54, 1.807) is 0 Å². The topological polar surface area (TPSA) is 9.23 Å². The Morgan fingerprint density at radius 1 is 0.864 bits per heavy atom. The van der Waals surface area contributed by atoms with Gasteiger partial charge in [-0.25, -0.2) is 0 Å². The molecule has 1 nitrogen and oxygen atoms in total. The van der Waals surface area contributed by atoms with Crippen LogP contribution in [0.5, 0.6) is 5.75 Å². The van der Waals surface area contributed by atoms with Gasteiger partial charge < -0.3 is 4.74 Å². The van der Waals surface area contributed by atoms with Gasteiger partial charge in [0.25, 0.3) is 0 Å². The van der Waals surface area contributed by atoms with Gasteiger partial charge in [-0.3, -0.25) is 0 Å². The lowest BCUT2D eigenvalue weighted by molar-refractivity contribution is 0.313. The quantitative estimate of drug-likeness (QED) is 0.366. The third-order valence-corrected chi connectivity index (χ3v) is 4.48. The highest BCUT2D eigenvalue weighted by molar-refractivity contribution is 6.39. The monoisotopic (exact) mass is 332 g/mol. The van der Waals surface area contributed by atoms with Crippen molar-refractivity contribution in [2.75, 3.05) is 6.61 Å². The maximum Gasteiger partial charge on any atom is 0.137 e. The normalized spacial score (nSPS) is 11.2. The van der Waals surface area contributed by atoms with E-state index in [4.69, 9.17) is 27.9 Å². The molecular weight excluding hydrogens is 315 g/mol. The van der Waals surface area contributed by atoms with Crippen LogP contribution in [0.25, 0.3) is 21.5 Å². The van der Waals surface area contributed by atoms with Crippen molar-refractivity contribution < 1.29 is 4.74 Å². The van der Waals surface area contributed by atoms with E-state index in [2.05, 4.69) is 25.1 Å². The van der Waals surface area contributed by atoms with Gasteiger partial charge in [0.05, 0.1) is 16.7 Å². The minimum Gasteiger partial charge on any atom is -0.492 e. The first kappa shape index (κ1) is 15.5. The van der Waals surface area contributed by atoms with Crippen molar-refractivity contribution in [2.45, 2.75) is 26.2 Å². The van der Waals surface area contributed by atoms with Gasteiger partial charge in [0.2, 0.25) is 0 Å². The van der Waals surface area contributed by atoms with E-state index in [-0.39, 0.29) is 0 Å². The molecule has 0 aromatic heterocycles. The average molecular weight is 333 g/mol. The Morgan fingerprint density at radius 2 is 1.45 bits per heavy atom. The molecule has 0 radical (unpaired) electrons. The van der Waals surface area contributed by atoms with Gasteiger partial charge in [-0.1, -0.05) is 67.2 Å². The molecule has 3 aromatic carbocycles. The molecule has 0 N–H and O–H groups in total. The zero-order valence-electron chi connectivity index (χ0n) is 12.5. The molecule has 114 valence electrons. The fraction of sp³-hybridized carbons (Fsp3) is 0.263. The van der Waals surface area contributed by atoms with Crippen molar-refractivity contribution in [3.63, 3.8) is 0 Å². The number of rotatable bonds is 5. The van der Waals surface area contributed by atoms with Crippen LogP contribution in [0.3, 0.4) is 0 Å². The highest BCUT2D eigenvalue weighted by atomic mass is 35.5. The molecule has 0 spiro atoms. The summed E-state index contributed by atoms with van der Waals surface area (Å²) < 4.78 is 6.13. The summed E-state index contributed by atoms with van der Waals surface area (Å²) in [6, 6.07) is 13.9. The molecule has 0 atom stereocenters. The number of hydrogen-bond acceptors (Lipinski definition) is 1. The summed E-state index contributed by atoms with van der Waals surface area (Å²) in [6.07, 6.45) is 3.36. The van der Waals surface area contributed by atoms with Gasteiger partial charge in [-0.2, -0.15) is 0 Å². The van der Waals surface area contributed by atoms with Gasteiger partial charge in [0.15, 0.2) is 0 Å². The second-order valence-electron chi connectivity index (χ2n) is 5.44. The molecule has 0 unspecified atom stereocenters. The first-order valence-electron chi connectivity index (χ1n) is 7.64. The molecule has 0 aliphatic heterocycles. The maximum atomic E-state index is 6.43. The zero-order valence-corrected chi connectivity index (χ0v) is 14.0. The lowest BCUT2D eigenvalue weighted by Crippen LogP contribution is -1.99. The smallest absolute Gasteiger partial charge is 0.137 e. The van der Waals surface area contributed by atoms with Crippen LogP contribution in [-0.2, 0) is 0 Å². The molecule has 0 saturated heterocycles. The van der Waals surface area contributed by atoms with Crippen molar-refractivity contribution in [1.29, 1.82) is 0 Å². The third kappa shape index (κ3) is 2.88. The largest absolute Gasteiger partial charge is 0.492 e. The summed E-state index contributed by atoms with van der Waals surface area (Å²) in [5, 5.41) is 5.44. The van der Waals surface area contributed by atoms with Gasteiger partial charge in [0, 0.05) is 10.8 Å². The molecule has 0 bridgehead atoms. The third-order valence-electron chi connectivity index (χ3n) is 3.85. The van der Waals surface area contributed by atoms with Crippen LogP contribution < -0.4 is 4.74 Å². The number of ether oxygens (including phenoxy) is 1. The summed E-state index contributed by atoms with van der Waals surface area (Å²) in [5.74, 6) is 0.805. The SMILES string of the molecule is CCCCCOc1c2c(Cl)cccc2cc2cccc(Cl)c12. The minimum absolute atomic E-state index is 0.679. The number of benzene rings is 3. The molecule has 0 fully saturated rings. The fourth-order valence-electron chi connectivity index (χ4n) is 2.76. The highest BCUT2D eigenvalue weighted by Crippen LogP contribution is 2.41. The Bertz CT molecular complexity index is 751. The van der Waals surface area contributed by atoms with Gasteiger partial charge >= 0.3 is 0 Å². The summed E-state index contributed by atoms with van der Waals surface area (Å²) in [4.78, 5) is 0. The molecule has 0 aliphatic carbocycles. The van der Waals surface area contributed by atoms with E-state index in [1.807, 2.05) is 24.3 Å². The van der Waals surface area contributed by atoms with Crippen molar-refractivity contribution in [1.82, 2.24) is 0 Å². The standard InChI is InChI=1S/C19H18Cl2O/c1-2-3-4-11-22-19-17-13(7-5-9-15(17)20)12-14-8-6-10-16(21)18(14)19/h5-10,12H,2-4,11H2,1H3. The summed E-state index contributed by atoms with van der Waals surface area (Å²) in [5.41, 5.74) is 0. The van der Waals surface area contributed by atoms with Crippen molar-refractivity contribution >= 4 is 44.7 Å². The van der Waals surface area contributed by atoms with Crippen LogP contribution >= 0.6 is 23.2 Å². The van der Waals surface area contributed by atoms with E-state index >= 15 is 0 Å². The average Bonchev–Trinajstić information content (AvgIpc) is 2.51. The molecule has 0 amide bonds. The van der Waals surface area contributed by atoms with Crippen LogP contribution in [0.2, 0.25) is 10.0 Å². The molecular formula is C19H18Cl2O. The fourth-order valence-corrected chi connectivity index (χ4v) is 3.30. The predicted octanol–water partition coefficient (Wildman–Crippen LogP) is 6.87. The van der Waals surface area contributed by atoms with Gasteiger partial charge in [0.1, 0.15) is 5.75 Å². The number of unbranched alkanes of at least 4 members (excludes halogenated alkanes) is 2. The van der Waals surface area contributed by atoms with Crippen LogP contribution in [0.1, 0.15) is 26.2 Å². The first-order chi connectivity index (χ1) is 10.7. The van der Waals surface area contributed by atoms with Gasteiger partial charge in [-0.05, 0) is 35.4 Å². The lowest BCUT2D eigenvalue weighted by atomic mass is 10.0. The molecule has 0 saturated carbocycles. The number of hydrogen-bond donors (Lipinski definition) is 0. The predicted molar refractivity (Wildman–Crippen MR) is 96.5 cm³/mol. The molecule has 3 heteroatoms. The molecule has 22 heavy (non-hydrogen) atoms. The molecule has 3 aromatic rings. The Kier molecular flexibility index (Phi) is 4.75. The molecule has 0 heterocycles. The zero-order chi connectivity index (χ0) is 15.5. The molecule has 0 aliphatic rings.